The van der Waals surface area contributed by atoms with Gasteiger partial charge in [-0.15, -0.1) is 5.10 Å². The summed E-state index contributed by atoms with van der Waals surface area (Å²) in [7, 11) is 0. The van der Waals surface area contributed by atoms with E-state index in [9.17, 15) is 0 Å². The van der Waals surface area contributed by atoms with Crippen LogP contribution in [0.1, 0.15) is 6.92 Å². The highest BCUT2D eigenvalue weighted by Crippen LogP contribution is 2.11. The first kappa shape index (κ1) is 9.38. The van der Waals surface area contributed by atoms with Gasteiger partial charge in [0.25, 0.3) is 0 Å². The molecule has 0 aliphatic rings. The molecule has 4 nitrogen and oxygen atoms in total. The van der Waals surface area contributed by atoms with E-state index < -0.39 is 0 Å². The second-order valence-electron chi connectivity index (χ2n) is 2.57. The molecule has 13 heavy (non-hydrogen) atoms. The molecule has 0 fully saturated rings. The van der Waals surface area contributed by atoms with E-state index in [2.05, 4.69) is 5.10 Å². The van der Waals surface area contributed by atoms with Gasteiger partial charge in [-0.05, 0) is 19.1 Å². The van der Waals surface area contributed by atoms with Crippen LogP contribution >= 0.6 is 0 Å². The quantitative estimate of drug-likeness (QED) is 0.303. The summed E-state index contributed by atoms with van der Waals surface area (Å²) in [5, 5.41) is 3.46. The van der Waals surface area contributed by atoms with Gasteiger partial charge in [-0.3, -0.25) is 0 Å². The van der Waals surface area contributed by atoms with Crippen LogP contribution in [0.25, 0.3) is 0 Å². The average molecular weight is 178 g/mol. The first-order chi connectivity index (χ1) is 6.29. The van der Waals surface area contributed by atoms with Crippen molar-refractivity contribution in [3.05, 3.63) is 30.3 Å². The van der Waals surface area contributed by atoms with Crippen molar-refractivity contribution < 1.29 is 0 Å². The minimum atomic E-state index is 0.328. The summed E-state index contributed by atoms with van der Waals surface area (Å²) in [6.45, 7) is 2.74. The van der Waals surface area contributed by atoms with Crippen molar-refractivity contribution >= 4 is 11.6 Å². The number of para-hydroxylation sites is 1. The molecule has 70 valence electrons. The maximum Gasteiger partial charge on any atom is 0.217 e. The number of nitrogens with two attached hydrogens (primary N) is 2. The SMILES string of the molecule is CCN(/C(N)=N/N)c1ccccc1. The molecule has 0 heterocycles. The van der Waals surface area contributed by atoms with Gasteiger partial charge < -0.3 is 16.5 Å². The molecule has 0 bridgehead atoms. The fourth-order valence-electron chi connectivity index (χ4n) is 1.15. The fraction of sp³-hybridized carbons (Fsp3) is 0.222. The Bertz CT molecular complexity index is 281. The Morgan fingerprint density at radius 1 is 1.38 bits per heavy atom. The molecule has 0 aliphatic carbocycles. The van der Waals surface area contributed by atoms with Gasteiger partial charge in [0.15, 0.2) is 0 Å². The number of guanidine groups is 1. The number of nitrogens with zero attached hydrogens (tertiary/aromatic N) is 2. The van der Waals surface area contributed by atoms with Gasteiger partial charge in [0.1, 0.15) is 0 Å². The molecule has 1 rings (SSSR count). The van der Waals surface area contributed by atoms with Gasteiger partial charge in [-0.1, -0.05) is 18.2 Å². The minimum absolute atomic E-state index is 0.328. The number of benzene rings is 1. The van der Waals surface area contributed by atoms with Crippen molar-refractivity contribution in [1.82, 2.24) is 0 Å². The lowest BCUT2D eigenvalue weighted by Gasteiger charge is -2.20. The smallest absolute Gasteiger partial charge is 0.217 e. The highest BCUT2D eigenvalue weighted by molar-refractivity contribution is 5.94. The molecular formula is C9H14N4. The second kappa shape index (κ2) is 4.35. The normalized spacial score (nSPS) is 11.3. The molecular weight excluding hydrogens is 164 g/mol. The van der Waals surface area contributed by atoms with Crippen LogP contribution in [-0.2, 0) is 0 Å². The van der Waals surface area contributed by atoms with Crippen LogP contribution in [0.15, 0.2) is 35.4 Å². The first-order valence-electron chi connectivity index (χ1n) is 4.15. The van der Waals surface area contributed by atoms with Crippen LogP contribution in [-0.4, -0.2) is 12.5 Å². The van der Waals surface area contributed by atoms with E-state index in [4.69, 9.17) is 11.6 Å². The number of hydrogen-bond donors (Lipinski definition) is 2. The van der Waals surface area contributed by atoms with Crippen molar-refractivity contribution in [1.29, 1.82) is 0 Å². The number of hydrogen-bond acceptors (Lipinski definition) is 2. The highest BCUT2D eigenvalue weighted by atomic mass is 15.3. The zero-order chi connectivity index (χ0) is 9.68. The molecule has 0 saturated carbocycles. The largest absolute Gasteiger partial charge is 0.368 e. The summed E-state index contributed by atoms with van der Waals surface area (Å²) >= 11 is 0. The van der Waals surface area contributed by atoms with E-state index in [0.717, 1.165) is 12.2 Å². The highest BCUT2D eigenvalue weighted by Gasteiger charge is 2.06. The predicted molar refractivity (Wildman–Crippen MR) is 55.3 cm³/mol. The van der Waals surface area contributed by atoms with E-state index >= 15 is 0 Å². The topological polar surface area (TPSA) is 67.6 Å². The maximum absolute atomic E-state index is 5.61. The van der Waals surface area contributed by atoms with Crippen LogP contribution in [0, 0.1) is 0 Å². The van der Waals surface area contributed by atoms with Crippen LogP contribution in [0.2, 0.25) is 0 Å². The molecule has 0 aliphatic heterocycles. The summed E-state index contributed by atoms with van der Waals surface area (Å²) in [5.41, 5.74) is 6.61. The Morgan fingerprint density at radius 3 is 2.46 bits per heavy atom. The fourth-order valence-corrected chi connectivity index (χ4v) is 1.15. The van der Waals surface area contributed by atoms with Crippen molar-refractivity contribution in [2.45, 2.75) is 6.92 Å². The second-order valence-corrected chi connectivity index (χ2v) is 2.57. The third kappa shape index (κ3) is 2.11. The van der Waals surface area contributed by atoms with Gasteiger partial charge in [0.2, 0.25) is 5.96 Å². The molecule has 4 heteroatoms. The zero-order valence-corrected chi connectivity index (χ0v) is 7.64. The molecule has 0 aromatic heterocycles. The summed E-state index contributed by atoms with van der Waals surface area (Å²) in [4.78, 5) is 1.83. The zero-order valence-electron chi connectivity index (χ0n) is 7.64. The Morgan fingerprint density at radius 2 is 2.00 bits per heavy atom. The van der Waals surface area contributed by atoms with Gasteiger partial charge in [0.05, 0.1) is 0 Å². The number of anilines is 1. The summed E-state index contributed by atoms with van der Waals surface area (Å²) in [6, 6.07) is 9.76. The van der Waals surface area contributed by atoms with E-state index in [1.54, 1.807) is 0 Å². The van der Waals surface area contributed by atoms with Gasteiger partial charge in [-0.2, -0.15) is 0 Å². The third-order valence-corrected chi connectivity index (χ3v) is 1.79. The molecule has 0 atom stereocenters. The lowest BCUT2D eigenvalue weighted by Crippen LogP contribution is -2.38. The molecule has 4 N–H and O–H groups in total. The average Bonchev–Trinajstić information content (AvgIpc) is 2.20. The standard InChI is InChI=1S/C9H14N4/c1-2-13(9(10)12-11)8-6-4-3-5-7-8/h3-7H,2,11H2,1H3,(H2,10,12). The Kier molecular flexibility index (Phi) is 3.14. The molecule has 0 saturated heterocycles. The van der Waals surface area contributed by atoms with Gasteiger partial charge >= 0.3 is 0 Å². The van der Waals surface area contributed by atoms with Crippen molar-refractivity contribution in [2.24, 2.45) is 16.7 Å². The van der Waals surface area contributed by atoms with E-state index in [1.807, 2.05) is 42.2 Å². The van der Waals surface area contributed by atoms with Crippen molar-refractivity contribution in [3.8, 4) is 0 Å². The molecule has 0 spiro atoms. The number of hydrazone groups is 1. The Hall–Kier alpha value is -1.71. The van der Waals surface area contributed by atoms with Gasteiger partial charge in [0, 0.05) is 12.2 Å². The van der Waals surface area contributed by atoms with Crippen LogP contribution in [0.4, 0.5) is 5.69 Å². The van der Waals surface area contributed by atoms with E-state index in [0.29, 0.717) is 5.96 Å². The Balaban J connectivity index is 2.91. The van der Waals surface area contributed by atoms with Gasteiger partial charge in [-0.25, -0.2) is 0 Å². The minimum Gasteiger partial charge on any atom is -0.368 e. The summed E-state index contributed by atoms with van der Waals surface area (Å²) in [5.74, 6) is 5.43. The lowest BCUT2D eigenvalue weighted by atomic mass is 10.3. The summed E-state index contributed by atoms with van der Waals surface area (Å²) < 4.78 is 0. The lowest BCUT2D eigenvalue weighted by molar-refractivity contribution is 1.02. The van der Waals surface area contributed by atoms with Crippen LogP contribution < -0.4 is 16.5 Å². The molecule has 0 radical (unpaired) electrons. The first-order valence-corrected chi connectivity index (χ1v) is 4.15. The Labute approximate surface area is 77.8 Å². The molecule has 1 aromatic rings. The third-order valence-electron chi connectivity index (χ3n) is 1.79. The van der Waals surface area contributed by atoms with Crippen LogP contribution in [0.3, 0.4) is 0 Å². The maximum atomic E-state index is 5.61. The molecule has 1 aromatic carbocycles. The van der Waals surface area contributed by atoms with Crippen LogP contribution in [0.5, 0.6) is 0 Å². The molecule has 0 amide bonds. The number of rotatable bonds is 2. The van der Waals surface area contributed by atoms with E-state index in [1.165, 1.54) is 0 Å². The van der Waals surface area contributed by atoms with Crippen molar-refractivity contribution in [2.75, 3.05) is 11.4 Å². The van der Waals surface area contributed by atoms with E-state index in [-0.39, 0.29) is 0 Å². The monoisotopic (exact) mass is 178 g/mol. The molecule has 0 unspecified atom stereocenters. The summed E-state index contributed by atoms with van der Waals surface area (Å²) in [6.07, 6.45) is 0. The predicted octanol–water partition coefficient (Wildman–Crippen LogP) is 0.701. The van der Waals surface area contributed by atoms with Crippen molar-refractivity contribution in [3.63, 3.8) is 0 Å².